The standard InChI is InChI=1S/C19H17N7/c1-12-5-4-6-16(26-14(3)23-15-7-20-10-22-19(15)26)18(12)25-13(2)9-24-11-21-8-17(24)25/h4-11H,1-3H3. The van der Waals surface area contributed by atoms with Crippen molar-refractivity contribution in [2.75, 3.05) is 0 Å². The Morgan fingerprint density at radius 3 is 2.73 bits per heavy atom. The minimum absolute atomic E-state index is 0.788. The quantitative estimate of drug-likeness (QED) is 0.494. The molecule has 0 saturated heterocycles. The molecule has 0 N–H and O–H groups in total. The Balaban J connectivity index is 1.90. The third-order valence-electron chi connectivity index (χ3n) is 4.72. The van der Waals surface area contributed by atoms with Crippen LogP contribution in [0.25, 0.3) is 28.2 Å². The van der Waals surface area contributed by atoms with E-state index in [2.05, 4.69) is 67.3 Å². The number of benzene rings is 1. The van der Waals surface area contributed by atoms with E-state index < -0.39 is 0 Å². The van der Waals surface area contributed by atoms with Gasteiger partial charge in [0.2, 0.25) is 0 Å². The van der Waals surface area contributed by atoms with Crippen LogP contribution in [0.4, 0.5) is 0 Å². The van der Waals surface area contributed by atoms with Crippen molar-refractivity contribution < 1.29 is 0 Å². The molecule has 0 aliphatic heterocycles. The van der Waals surface area contributed by atoms with Crippen molar-refractivity contribution in [1.82, 2.24) is 33.5 Å². The van der Waals surface area contributed by atoms with Gasteiger partial charge in [0, 0.05) is 11.9 Å². The van der Waals surface area contributed by atoms with E-state index in [0.29, 0.717) is 0 Å². The molecule has 0 spiro atoms. The molecule has 0 atom stereocenters. The molecule has 26 heavy (non-hydrogen) atoms. The lowest BCUT2D eigenvalue weighted by molar-refractivity contribution is 0.942. The first kappa shape index (κ1) is 14.8. The molecule has 0 bridgehead atoms. The van der Waals surface area contributed by atoms with Crippen LogP contribution < -0.4 is 0 Å². The molecule has 0 radical (unpaired) electrons. The molecule has 0 fully saturated rings. The Kier molecular flexibility index (Phi) is 3.00. The van der Waals surface area contributed by atoms with Gasteiger partial charge < -0.3 is 0 Å². The second-order valence-electron chi connectivity index (χ2n) is 6.43. The Bertz CT molecular complexity index is 1270. The maximum Gasteiger partial charge on any atom is 0.168 e. The first-order valence-corrected chi connectivity index (χ1v) is 8.40. The van der Waals surface area contributed by atoms with E-state index in [4.69, 9.17) is 0 Å². The van der Waals surface area contributed by atoms with E-state index in [1.165, 1.54) is 5.56 Å². The van der Waals surface area contributed by atoms with E-state index >= 15 is 0 Å². The summed E-state index contributed by atoms with van der Waals surface area (Å²) in [7, 11) is 0. The summed E-state index contributed by atoms with van der Waals surface area (Å²) in [6.45, 7) is 6.21. The fourth-order valence-corrected chi connectivity index (χ4v) is 3.65. The Hall–Kier alpha value is -3.48. The van der Waals surface area contributed by atoms with Gasteiger partial charge in [0.15, 0.2) is 5.65 Å². The fourth-order valence-electron chi connectivity index (χ4n) is 3.65. The number of fused-ring (bicyclic) bond motifs is 2. The highest BCUT2D eigenvalue weighted by Crippen LogP contribution is 2.30. The van der Waals surface area contributed by atoms with E-state index in [-0.39, 0.29) is 0 Å². The SMILES string of the molecule is Cc1cccc(-n2c(C)nc3cncnc32)c1-n1c(C)cn2cncc12. The summed E-state index contributed by atoms with van der Waals surface area (Å²) in [5, 5.41) is 0. The maximum atomic E-state index is 4.63. The zero-order chi connectivity index (χ0) is 17.8. The number of rotatable bonds is 2. The predicted molar refractivity (Wildman–Crippen MR) is 98.9 cm³/mol. The summed E-state index contributed by atoms with van der Waals surface area (Å²) in [4.78, 5) is 17.5. The third-order valence-corrected chi connectivity index (χ3v) is 4.72. The molecule has 5 rings (SSSR count). The zero-order valence-corrected chi connectivity index (χ0v) is 14.7. The number of para-hydroxylation sites is 1. The first-order valence-electron chi connectivity index (χ1n) is 8.40. The lowest BCUT2D eigenvalue weighted by atomic mass is 10.1. The summed E-state index contributed by atoms with van der Waals surface area (Å²) < 4.78 is 6.35. The summed E-state index contributed by atoms with van der Waals surface area (Å²) >= 11 is 0. The van der Waals surface area contributed by atoms with Gasteiger partial charge in [0.05, 0.1) is 23.8 Å². The number of imidazole rings is 3. The van der Waals surface area contributed by atoms with Crippen LogP contribution >= 0.6 is 0 Å². The van der Waals surface area contributed by atoms with Gasteiger partial charge >= 0.3 is 0 Å². The Morgan fingerprint density at radius 2 is 1.85 bits per heavy atom. The summed E-state index contributed by atoms with van der Waals surface area (Å²) in [6.07, 6.45) is 9.09. The lowest BCUT2D eigenvalue weighted by Gasteiger charge is -2.17. The van der Waals surface area contributed by atoms with Crippen molar-refractivity contribution in [1.29, 1.82) is 0 Å². The average molecular weight is 343 g/mol. The van der Waals surface area contributed by atoms with Crippen molar-refractivity contribution in [3.63, 3.8) is 0 Å². The molecule has 5 aromatic rings. The van der Waals surface area contributed by atoms with Crippen molar-refractivity contribution in [2.24, 2.45) is 0 Å². The predicted octanol–water partition coefficient (Wildman–Crippen LogP) is 3.18. The van der Waals surface area contributed by atoms with E-state index in [1.807, 2.05) is 23.8 Å². The zero-order valence-electron chi connectivity index (χ0n) is 14.7. The second kappa shape index (κ2) is 5.26. The fraction of sp³-hybridized carbons (Fsp3) is 0.158. The highest BCUT2D eigenvalue weighted by molar-refractivity contribution is 5.75. The largest absolute Gasteiger partial charge is 0.295 e. The monoisotopic (exact) mass is 343 g/mol. The molecule has 0 aliphatic carbocycles. The molecule has 1 aromatic carbocycles. The second-order valence-corrected chi connectivity index (χ2v) is 6.43. The van der Waals surface area contributed by atoms with Crippen LogP contribution in [0.15, 0.2) is 49.4 Å². The van der Waals surface area contributed by atoms with Crippen molar-refractivity contribution in [3.8, 4) is 11.4 Å². The van der Waals surface area contributed by atoms with Crippen LogP contribution in [0.1, 0.15) is 17.1 Å². The highest BCUT2D eigenvalue weighted by atomic mass is 15.2. The van der Waals surface area contributed by atoms with Gasteiger partial charge in [-0.1, -0.05) is 12.1 Å². The van der Waals surface area contributed by atoms with Gasteiger partial charge in [-0.05, 0) is 32.4 Å². The molecule has 7 heteroatoms. The third kappa shape index (κ3) is 1.94. The summed E-state index contributed by atoms with van der Waals surface area (Å²) in [6, 6.07) is 6.28. The van der Waals surface area contributed by atoms with E-state index in [1.54, 1.807) is 12.5 Å². The summed E-state index contributed by atoms with van der Waals surface area (Å²) in [5.74, 6) is 0.877. The minimum Gasteiger partial charge on any atom is -0.295 e. The number of hydrogen-bond acceptors (Lipinski definition) is 4. The van der Waals surface area contributed by atoms with Crippen LogP contribution in [-0.2, 0) is 0 Å². The van der Waals surface area contributed by atoms with Gasteiger partial charge in [-0.15, -0.1) is 0 Å². The number of aromatic nitrogens is 7. The topological polar surface area (TPSA) is 65.8 Å². The lowest BCUT2D eigenvalue weighted by Crippen LogP contribution is -2.08. The average Bonchev–Trinajstić information content (AvgIpc) is 3.27. The highest BCUT2D eigenvalue weighted by Gasteiger charge is 2.19. The van der Waals surface area contributed by atoms with Gasteiger partial charge in [0.25, 0.3) is 0 Å². The molecule has 128 valence electrons. The molecule has 0 unspecified atom stereocenters. The number of nitrogens with zero attached hydrogens (tertiary/aromatic N) is 7. The molecular formula is C19H17N7. The number of hydrogen-bond donors (Lipinski definition) is 0. The minimum atomic E-state index is 0.788. The summed E-state index contributed by atoms with van der Waals surface area (Å²) in [5.41, 5.74) is 7.05. The first-order chi connectivity index (χ1) is 12.6. The molecular weight excluding hydrogens is 326 g/mol. The van der Waals surface area contributed by atoms with Crippen molar-refractivity contribution >= 4 is 16.8 Å². The molecule has 4 aromatic heterocycles. The van der Waals surface area contributed by atoms with Crippen molar-refractivity contribution in [3.05, 3.63) is 66.5 Å². The van der Waals surface area contributed by atoms with Crippen LogP contribution in [0.3, 0.4) is 0 Å². The van der Waals surface area contributed by atoms with Gasteiger partial charge in [0.1, 0.15) is 29.6 Å². The molecule has 0 amide bonds. The van der Waals surface area contributed by atoms with Gasteiger partial charge in [-0.25, -0.2) is 19.9 Å². The Morgan fingerprint density at radius 1 is 0.962 bits per heavy atom. The van der Waals surface area contributed by atoms with Gasteiger partial charge in [-0.2, -0.15) is 0 Å². The van der Waals surface area contributed by atoms with Crippen LogP contribution in [0, 0.1) is 20.8 Å². The van der Waals surface area contributed by atoms with E-state index in [9.17, 15) is 0 Å². The van der Waals surface area contributed by atoms with Crippen LogP contribution in [0.5, 0.6) is 0 Å². The van der Waals surface area contributed by atoms with E-state index in [0.717, 1.165) is 39.7 Å². The number of aryl methyl sites for hydroxylation is 3. The smallest absolute Gasteiger partial charge is 0.168 e. The molecule has 4 heterocycles. The molecule has 0 saturated carbocycles. The van der Waals surface area contributed by atoms with Crippen LogP contribution in [-0.4, -0.2) is 33.5 Å². The normalized spacial score (nSPS) is 11.7. The maximum absolute atomic E-state index is 4.63. The molecule has 7 nitrogen and oxygen atoms in total. The Labute approximate surface area is 149 Å². The molecule has 0 aliphatic rings. The van der Waals surface area contributed by atoms with Crippen molar-refractivity contribution in [2.45, 2.75) is 20.8 Å². The van der Waals surface area contributed by atoms with Crippen LogP contribution in [0.2, 0.25) is 0 Å². The van der Waals surface area contributed by atoms with Gasteiger partial charge in [-0.3, -0.25) is 13.5 Å².